The van der Waals surface area contributed by atoms with E-state index in [2.05, 4.69) is 38.1 Å². The van der Waals surface area contributed by atoms with Crippen molar-refractivity contribution in [2.45, 2.75) is 37.6 Å². The zero-order chi connectivity index (χ0) is 23.8. The number of hydrogen-bond donors (Lipinski definition) is 2. The van der Waals surface area contributed by atoms with Crippen LogP contribution in [0.1, 0.15) is 18.4 Å². The second-order valence-corrected chi connectivity index (χ2v) is 10.3. The van der Waals surface area contributed by atoms with E-state index in [9.17, 15) is 10.2 Å². The summed E-state index contributed by atoms with van der Waals surface area (Å²) >= 11 is 0. The molecule has 3 saturated heterocycles. The van der Waals surface area contributed by atoms with E-state index in [4.69, 9.17) is 9.26 Å². The van der Waals surface area contributed by atoms with Gasteiger partial charge in [-0.25, -0.2) is 0 Å². The molecule has 2 N–H and O–H groups in total. The van der Waals surface area contributed by atoms with Crippen molar-refractivity contribution in [1.29, 1.82) is 0 Å². The monoisotopic (exact) mass is 478 g/mol. The highest BCUT2D eigenvalue weighted by Gasteiger charge is 2.34. The molecule has 8 nitrogen and oxygen atoms in total. The van der Waals surface area contributed by atoms with Crippen LogP contribution in [0.3, 0.4) is 0 Å². The van der Waals surface area contributed by atoms with Crippen LogP contribution >= 0.6 is 0 Å². The van der Waals surface area contributed by atoms with Crippen molar-refractivity contribution >= 4 is 16.8 Å². The van der Waals surface area contributed by atoms with Crippen LogP contribution < -0.4 is 9.64 Å². The topological polar surface area (TPSA) is 85.4 Å². The maximum Gasteiger partial charge on any atom is 0.180 e. The molecule has 0 saturated carbocycles. The van der Waals surface area contributed by atoms with Crippen molar-refractivity contribution in [3.8, 4) is 5.75 Å². The van der Waals surface area contributed by atoms with Crippen LogP contribution in [0.2, 0.25) is 0 Å². The Labute approximate surface area is 205 Å². The number of likely N-dealkylation sites (tertiary alicyclic amines) is 1. The molecule has 0 spiro atoms. The van der Waals surface area contributed by atoms with E-state index in [1.54, 1.807) is 0 Å². The molecule has 4 heterocycles. The Kier molecular flexibility index (Phi) is 6.37. The lowest BCUT2D eigenvalue weighted by Crippen LogP contribution is -2.57. The van der Waals surface area contributed by atoms with Gasteiger partial charge in [0.2, 0.25) is 0 Å². The minimum absolute atomic E-state index is 0.510. The molecule has 1 aromatic heterocycles. The highest BCUT2D eigenvalue weighted by Crippen LogP contribution is 2.31. The molecule has 3 fully saturated rings. The van der Waals surface area contributed by atoms with Gasteiger partial charge in [0.05, 0.1) is 24.2 Å². The summed E-state index contributed by atoms with van der Waals surface area (Å²) in [6, 6.07) is 16.8. The Morgan fingerprint density at radius 1 is 0.943 bits per heavy atom. The summed E-state index contributed by atoms with van der Waals surface area (Å²) in [4.78, 5) is 7.08. The number of anilines is 1. The van der Waals surface area contributed by atoms with E-state index in [0.717, 1.165) is 67.3 Å². The van der Waals surface area contributed by atoms with Crippen LogP contribution in [0.5, 0.6) is 5.75 Å². The number of nitrogens with zero attached hydrogens (tertiary/aromatic N) is 4. The fourth-order valence-corrected chi connectivity index (χ4v) is 5.87. The van der Waals surface area contributed by atoms with Crippen LogP contribution in [-0.2, 0) is 6.54 Å². The van der Waals surface area contributed by atoms with Crippen LogP contribution in [0.4, 0.5) is 5.82 Å². The fraction of sp³-hybridized carbons (Fsp3) is 0.519. The predicted octanol–water partition coefficient (Wildman–Crippen LogP) is 2.34. The molecular formula is C27H34N4O4. The molecule has 186 valence electrons. The Morgan fingerprint density at radius 2 is 1.80 bits per heavy atom. The number of β-amino-alcohol motifs (C(OH)–C–C–N with tert-alkyl or cyclic N) is 2. The van der Waals surface area contributed by atoms with Gasteiger partial charge in [-0.05, 0) is 42.7 Å². The lowest BCUT2D eigenvalue weighted by atomic mass is 9.91. The lowest BCUT2D eigenvalue weighted by molar-refractivity contribution is 0.0572. The van der Waals surface area contributed by atoms with E-state index in [1.165, 1.54) is 6.42 Å². The first kappa shape index (κ1) is 22.8. The summed E-state index contributed by atoms with van der Waals surface area (Å²) in [7, 11) is 0. The smallest absolute Gasteiger partial charge is 0.180 e. The number of aliphatic hydroxyl groups is 2. The number of benzene rings is 2. The number of fused-ring (bicyclic) bond motifs is 2. The average Bonchev–Trinajstić information content (AvgIpc) is 3.45. The van der Waals surface area contributed by atoms with Gasteiger partial charge in [0, 0.05) is 57.8 Å². The van der Waals surface area contributed by atoms with Crippen molar-refractivity contribution in [3.05, 3.63) is 54.1 Å². The molecule has 4 atom stereocenters. The van der Waals surface area contributed by atoms with Gasteiger partial charge < -0.3 is 24.4 Å². The number of para-hydroxylation sites is 1. The standard InChI is InChI=1S/C27H34N4O4/c32-24-16-29(17-25(24)33)13-19-4-3-5-22(12-19)34-18-20-8-9-21-15-31(11-10-30(21)14-20)27-23-6-1-2-7-26(23)35-28-27/h1-7,12,20-21,24-25,32-33H,8-11,13-18H2/t20?,21?,24-,25-/m0/s1. The highest BCUT2D eigenvalue weighted by molar-refractivity contribution is 5.88. The Bertz CT molecular complexity index is 1140. The van der Waals surface area contributed by atoms with Crippen molar-refractivity contribution in [1.82, 2.24) is 15.0 Å². The van der Waals surface area contributed by atoms with Gasteiger partial charge in [-0.3, -0.25) is 9.80 Å². The summed E-state index contributed by atoms with van der Waals surface area (Å²) in [5.41, 5.74) is 1.99. The summed E-state index contributed by atoms with van der Waals surface area (Å²) in [5, 5.41) is 25.0. The Morgan fingerprint density at radius 3 is 2.69 bits per heavy atom. The maximum atomic E-state index is 9.79. The van der Waals surface area contributed by atoms with Crippen LogP contribution in [0.25, 0.3) is 11.0 Å². The molecule has 3 aromatic rings. The molecule has 2 aromatic carbocycles. The Balaban J connectivity index is 1.01. The fourth-order valence-electron chi connectivity index (χ4n) is 5.87. The first-order valence-electron chi connectivity index (χ1n) is 12.8. The maximum absolute atomic E-state index is 9.79. The minimum atomic E-state index is -0.651. The van der Waals surface area contributed by atoms with Gasteiger partial charge in [0.1, 0.15) is 5.75 Å². The van der Waals surface area contributed by atoms with Crippen LogP contribution in [0.15, 0.2) is 53.1 Å². The van der Waals surface area contributed by atoms with Crippen molar-refractivity contribution in [2.24, 2.45) is 5.92 Å². The van der Waals surface area contributed by atoms with Crippen LogP contribution in [-0.4, -0.2) is 89.3 Å². The van der Waals surface area contributed by atoms with Gasteiger partial charge in [0.15, 0.2) is 11.4 Å². The second kappa shape index (κ2) is 9.78. The predicted molar refractivity (Wildman–Crippen MR) is 134 cm³/mol. The molecule has 0 amide bonds. The summed E-state index contributed by atoms with van der Waals surface area (Å²) < 4.78 is 11.8. The van der Waals surface area contributed by atoms with E-state index < -0.39 is 12.2 Å². The van der Waals surface area contributed by atoms with Crippen molar-refractivity contribution in [2.75, 3.05) is 50.8 Å². The normalized spacial score (nSPS) is 27.9. The lowest BCUT2D eigenvalue weighted by Gasteiger charge is -2.46. The first-order chi connectivity index (χ1) is 17.1. The van der Waals surface area contributed by atoms with Crippen LogP contribution in [0, 0.1) is 5.92 Å². The SMILES string of the molecule is O[C@H]1CN(Cc2cccc(OCC3CCC4CN(c5noc6ccccc56)CCN4C3)c2)C[C@@H]1O. The van der Waals surface area contributed by atoms with Gasteiger partial charge in [-0.15, -0.1) is 0 Å². The molecule has 8 heteroatoms. The molecule has 6 rings (SSSR count). The molecule has 0 aliphatic carbocycles. The molecule has 0 bridgehead atoms. The third-order valence-electron chi connectivity index (χ3n) is 7.79. The minimum Gasteiger partial charge on any atom is -0.493 e. The highest BCUT2D eigenvalue weighted by atomic mass is 16.5. The zero-order valence-electron chi connectivity index (χ0n) is 20.0. The van der Waals surface area contributed by atoms with Gasteiger partial charge >= 0.3 is 0 Å². The quantitative estimate of drug-likeness (QED) is 0.559. The number of rotatable bonds is 6. The number of piperazine rings is 1. The van der Waals surface area contributed by atoms with Crippen molar-refractivity contribution < 1.29 is 19.5 Å². The van der Waals surface area contributed by atoms with Gasteiger partial charge in [-0.2, -0.15) is 0 Å². The molecule has 2 unspecified atom stereocenters. The molecule has 3 aliphatic rings. The molecule has 0 radical (unpaired) electrons. The van der Waals surface area contributed by atoms with Crippen molar-refractivity contribution in [3.63, 3.8) is 0 Å². The Hall–Kier alpha value is -2.65. The van der Waals surface area contributed by atoms with E-state index in [0.29, 0.717) is 31.6 Å². The summed E-state index contributed by atoms with van der Waals surface area (Å²) in [6.07, 6.45) is 1.03. The third kappa shape index (κ3) is 4.89. The molecule has 35 heavy (non-hydrogen) atoms. The first-order valence-corrected chi connectivity index (χ1v) is 12.8. The third-order valence-corrected chi connectivity index (χ3v) is 7.79. The summed E-state index contributed by atoms with van der Waals surface area (Å²) in [6.45, 7) is 6.51. The second-order valence-electron chi connectivity index (χ2n) is 10.3. The van der Waals surface area contributed by atoms with E-state index in [1.807, 2.05) is 30.3 Å². The largest absolute Gasteiger partial charge is 0.493 e. The average molecular weight is 479 g/mol. The van der Waals surface area contributed by atoms with Gasteiger partial charge in [0.25, 0.3) is 0 Å². The number of hydrogen-bond acceptors (Lipinski definition) is 8. The van der Waals surface area contributed by atoms with E-state index in [-0.39, 0.29) is 0 Å². The van der Waals surface area contributed by atoms with Gasteiger partial charge in [-0.1, -0.05) is 29.4 Å². The number of aromatic nitrogens is 1. The number of piperidine rings is 1. The number of ether oxygens (including phenoxy) is 1. The summed E-state index contributed by atoms with van der Waals surface area (Å²) in [5.74, 6) is 2.40. The van der Waals surface area contributed by atoms with E-state index >= 15 is 0 Å². The molecular weight excluding hydrogens is 444 g/mol. The zero-order valence-corrected chi connectivity index (χ0v) is 20.0. The number of aliphatic hydroxyl groups excluding tert-OH is 2. The molecule has 3 aliphatic heterocycles.